The van der Waals surface area contributed by atoms with E-state index in [1.54, 1.807) is 6.92 Å². The number of unbranched alkanes of at least 4 members (excludes halogenated alkanes) is 12. The van der Waals surface area contributed by atoms with Crippen LogP contribution >= 0.6 is 0 Å². The Morgan fingerprint density at radius 2 is 1.00 bits per heavy atom. The Bertz CT molecular complexity index is 174. The van der Waals surface area contributed by atoms with E-state index in [4.69, 9.17) is 0 Å². The van der Waals surface area contributed by atoms with E-state index in [0.717, 1.165) is 12.8 Å². The van der Waals surface area contributed by atoms with Crippen LogP contribution in [-0.4, -0.2) is 5.78 Å². The summed E-state index contributed by atoms with van der Waals surface area (Å²) in [4.78, 5) is 10.7. The molecular weight excluding hydrogens is 222 g/mol. The molecule has 0 amide bonds. The zero-order valence-corrected chi connectivity index (χ0v) is 12.8. The summed E-state index contributed by atoms with van der Waals surface area (Å²) in [5, 5.41) is 0. The molecule has 0 heterocycles. The topological polar surface area (TPSA) is 17.1 Å². The van der Waals surface area contributed by atoms with Crippen molar-refractivity contribution in [1.82, 2.24) is 0 Å². The first kappa shape index (κ1) is 17.7. The van der Waals surface area contributed by atoms with Gasteiger partial charge in [0, 0.05) is 6.42 Å². The van der Waals surface area contributed by atoms with Crippen LogP contribution in [0.1, 0.15) is 104 Å². The molecule has 0 aliphatic rings. The summed E-state index contributed by atoms with van der Waals surface area (Å²) >= 11 is 0. The molecule has 108 valence electrons. The lowest BCUT2D eigenvalue weighted by Crippen LogP contribution is -1.89. The predicted molar refractivity (Wildman–Crippen MR) is 81.0 cm³/mol. The number of Topliss-reactive ketones (excluding diaryl/α,β-unsaturated/α-hetero) is 1. The third kappa shape index (κ3) is 15.7. The normalized spacial score (nSPS) is 10.8. The number of carbonyl (C=O) groups is 1. The van der Waals surface area contributed by atoms with Crippen LogP contribution in [0.5, 0.6) is 0 Å². The highest BCUT2D eigenvalue weighted by molar-refractivity contribution is 5.75. The summed E-state index contributed by atoms with van der Waals surface area (Å²) in [5.41, 5.74) is 0. The van der Waals surface area contributed by atoms with E-state index >= 15 is 0 Å². The van der Waals surface area contributed by atoms with E-state index < -0.39 is 0 Å². The van der Waals surface area contributed by atoms with Crippen molar-refractivity contribution < 1.29 is 4.79 Å². The Balaban J connectivity index is 2.92. The molecule has 0 saturated heterocycles. The number of hydrogen-bond acceptors (Lipinski definition) is 1. The Morgan fingerprint density at radius 3 is 1.33 bits per heavy atom. The molecule has 1 heteroatoms. The lowest BCUT2D eigenvalue weighted by atomic mass is 10.0. The number of rotatable bonds is 14. The summed E-state index contributed by atoms with van der Waals surface area (Å²) in [6.07, 6.45) is 18.6. The second-order valence-corrected chi connectivity index (χ2v) is 5.69. The van der Waals surface area contributed by atoms with E-state index in [9.17, 15) is 4.79 Å². The molecule has 0 spiro atoms. The summed E-state index contributed by atoms with van der Waals surface area (Å²) in [7, 11) is 0. The second kappa shape index (κ2) is 14.7. The van der Waals surface area contributed by atoms with Crippen molar-refractivity contribution in [2.75, 3.05) is 0 Å². The molecule has 0 aromatic heterocycles. The molecule has 18 heavy (non-hydrogen) atoms. The molecule has 0 unspecified atom stereocenters. The fraction of sp³-hybridized carbons (Fsp3) is 0.941. The van der Waals surface area contributed by atoms with Crippen LogP contribution in [0.25, 0.3) is 0 Å². The fourth-order valence-electron chi connectivity index (χ4n) is 2.39. The molecule has 0 N–H and O–H groups in total. The van der Waals surface area contributed by atoms with Crippen molar-refractivity contribution >= 4 is 5.78 Å². The van der Waals surface area contributed by atoms with Crippen LogP contribution in [0, 0.1) is 0 Å². The van der Waals surface area contributed by atoms with Gasteiger partial charge in [0.1, 0.15) is 5.78 Å². The third-order valence-corrected chi connectivity index (χ3v) is 3.63. The van der Waals surface area contributed by atoms with E-state index in [-0.39, 0.29) is 0 Å². The quantitative estimate of drug-likeness (QED) is 0.345. The standard InChI is InChI=1S/C17H34O/c1-3-4-5-6-7-8-9-10-11-12-13-14-15-16-17(2)18/h3-16H2,1-2H3/i2+2. The van der Waals surface area contributed by atoms with Crippen molar-refractivity contribution in [3.63, 3.8) is 0 Å². The molecule has 0 saturated carbocycles. The van der Waals surface area contributed by atoms with Crippen molar-refractivity contribution in [2.24, 2.45) is 0 Å². The van der Waals surface area contributed by atoms with Gasteiger partial charge in [-0.3, -0.25) is 0 Å². The zero-order chi connectivity index (χ0) is 13.5. The van der Waals surface area contributed by atoms with Gasteiger partial charge in [-0.1, -0.05) is 84.0 Å². The summed E-state index contributed by atoms with van der Waals surface area (Å²) in [5.74, 6) is 0.345. The molecule has 1 nitrogen and oxygen atoms in total. The first-order chi connectivity index (χ1) is 8.77. The van der Waals surface area contributed by atoms with Crippen LogP contribution in [0.2, 0.25) is 0 Å². The molecule has 0 aromatic carbocycles. The molecule has 0 rings (SSSR count). The van der Waals surface area contributed by atoms with Gasteiger partial charge >= 0.3 is 0 Å². The molecule has 0 aliphatic heterocycles. The van der Waals surface area contributed by atoms with Crippen LogP contribution in [-0.2, 0) is 4.79 Å². The fourth-order valence-corrected chi connectivity index (χ4v) is 2.39. The predicted octanol–water partition coefficient (Wildman–Crippen LogP) is 6.06. The van der Waals surface area contributed by atoms with Gasteiger partial charge < -0.3 is 4.79 Å². The molecular formula is C17H34O. The van der Waals surface area contributed by atoms with Crippen LogP contribution in [0.4, 0.5) is 0 Å². The van der Waals surface area contributed by atoms with Crippen LogP contribution < -0.4 is 0 Å². The highest BCUT2D eigenvalue weighted by atomic mass is 16.1. The summed E-state index contributed by atoms with van der Waals surface area (Å²) in [6, 6.07) is 0. The Hall–Kier alpha value is -0.330. The first-order valence-corrected chi connectivity index (χ1v) is 8.26. The summed E-state index contributed by atoms with van der Waals surface area (Å²) < 4.78 is 0. The molecule has 0 aromatic rings. The summed E-state index contributed by atoms with van der Waals surface area (Å²) in [6.45, 7) is 3.97. The van der Waals surface area contributed by atoms with E-state index in [2.05, 4.69) is 6.92 Å². The third-order valence-electron chi connectivity index (χ3n) is 3.63. The lowest BCUT2D eigenvalue weighted by Gasteiger charge is -2.02. The highest BCUT2D eigenvalue weighted by Gasteiger charge is 1.95. The SMILES string of the molecule is CCCCCCCCCCCCCCCC([14CH3])=O. The van der Waals surface area contributed by atoms with Gasteiger partial charge in [-0.25, -0.2) is 0 Å². The minimum absolute atomic E-state index is 0.345. The maximum atomic E-state index is 10.7. The molecule has 0 aliphatic carbocycles. The van der Waals surface area contributed by atoms with E-state index in [1.807, 2.05) is 0 Å². The molecule has 0 radical (unpaired) electrons. The van der Waals surface area contributed by atoms with Crippen molar-refractivity contribution in [2.45, 2.75) is 104 Å². The molecule has 0 bridgehead atoms. The average molecular weight is 256 g/mol. The Labute approximate surface area is 115 Å². The van der Waals surface area contributed by atoms with Crippen molar-refractivity contribution in [3.05, 3.63) is 0 Å². The molecule has 0 atom stereocenters. The minimum Gasteiger partial charge on any atom is -0.300 e. The van der Waals surface area contributed by atoms with Crippen LogP contribution in [0.3, 0.4) is 0 Å². The Morgan fingerprint density at radius 1 is 0.667 bits per heavy atom. The van der Waals surface area contributed by atoms with Crippen molar-refractivity contribution in [1.29, 1.82) is 0 Å². The van der Waals surface area contributed by atoms with Crippen molar-refractivity contribution in [3.8, 4) is 0 Å². The van der Waals surface area contributed by atoms with E-state index in [0.29, 0.717) is 5.78 Å². The Kier molecular flexibility index (Phi) is 14.5. The minimum atomic E-state index is 0.345. The van der Waals surface area contributed by atoms with Gasteiger partial charge in [-0.2, -0.15) is 0 Å². The number of hydrogen-bond donors (Lipinski definition) is 0. The molecule has 0 fully saturated rings. The average Bonchev–Trinajstić information content (AvgIpc) is 2.34. The zero-order valence-electron chi connectivity index (χ0n) is 12.8. The van der Waals surface area contributed by atoms with Crippen LogP contribution in [0.15, 0.2) is 0 Å². The van der Waals surface area contributed by atoms with Gasteiger partial charge in [-0.05, 0) is 13.3 Å². The maximum Gasteiger partial charge on any atom is 0.129 e. The number of ketones is 1. The highest BCUT2D eigenvalue weighted by Crippen LogP contribution is 2.12. The second-order valence-electron chi connectivity index (χ2n) is 5.69. The number of carbonyl (C=O) groups excluding carboxylic acids is 1. The first-order valence-electron chi connectivity index (χ1n) is 8.26. The maximum absolute atomic E-state index is 10.7. The smallest absolute Gasteiger partial charge is 0.129 e. The lowest BCUT2D eigenvalue weighted by molar-refractivity contribution is -0.117. The van der Waals surface area contributed by atoms with Gasteiger partial charge in [-0.15, -0.1) is 0 Å². The monoisotopic (exact) mass is 256 g/mol. The van der Waals surface area contributed by atoms with Gasteiger partial charge in [0.25, 0.3) is 0 Å². The van der Waals surface area contributed by atoms with Gasteiger partial charge in [0.2, 0.25) is 0 Å². The van der Waals surface area contributed by atoms with Gasteiger partial charge in [0.15, 0.2) is 0 Å². The largest absolute Gasteiger partial charge is 0.300 e. The van der Waals surface area contributed by atoms with E-state index in [1.165, 1.54) is 77.0 Å². The van der Waals surface area contributed by atoms with Gasteiger partial charge in [0.05, 0.1) is 0 Å².